The fourth-order valence-electron chi connectivity index (χ4n) is 4.46. The molecule has 0 aromatic heterocycles. The van der Waals surface area contributed by atoms with E-state index in [0.717, 1.165) is 6.42 Å². The molecule has 0 saturated carbocycles. The highest BCUT2D eigenvalue weighted by Crippen LogP contribution is 2.60. The van der Waals surface area contributed by atoms with E-state index < -0.39 is 28.2 Å². The molecule has 3 rings (SSSR count). The molecule has 4 atom stereocenters. The summed E-state index contributed by atoms with van der Waals surface area (Å²) in [4.78, 5) is 22.4. The van der Waals surface area contributed by atoms with Crippen molar-refractivity contribution in [3.05, 3.63) is 52.1 Å². The molecule has 27 heavy (non-hydrogen) atoms. The van der Waals surface area contributed by atoms with E-state index in [-0.39, 0.29) is 22.8 Å². The van der Waals surface area contributed by atoms with Crippen molar-refractivity contribution in [2.24, 2.45) is 5.41 Å². The van der Waals surface area contributed by atoms with Crippen LogP contribution in [-0.4, -0.2) is 39.4 Å². The highest BCUT2D eigenvalue weighted by Gasteiger charge is 2.67. The number of hydrogen-bond acceptors (Lipinski definition) is 6. The third-order valence-corrected chi connectivity index (χ3v) is 5.73. The molecule has 2 saturated heterocycles. The minimum atomic E-state index is -0.988. The number of aliphatic hydroxyl groups is 1. The predicted octanol–water partition coefficient (Wildman–Crippen LogP) is 3.40. The minimum absolute atomic E-state index is 0.0256. The van der Waals surface area contributed by atoms with E-state index in [0.29, 0.717) is 6.42 Å². The molecule has 7 nitrogen and oxygen atoms in total. The van der Waals surface area contributed by atoms with Crippen molar-refractivity contribution < 1.29 is 24.3 Å². The van der Waals surface area contributed by atoms with Gasteiger partial charge in [0.05, 0.1) is 22.2 Å². The topological polar surface area (TPSA) is 98.9 Å². The van der Waals surface area contributed by atoms with Crippen LogP contribution in [0.4, 0.5) is 5.69 Å². The van der Waals surface area contributed by atoms with Crippen molar-refractivity contribution in [2.45, 2.75) is 63.9 Å². The van der Waals surface area contributed by atoms with Gasteiger partial charge in [0.1, 0.15) is 11.7 Å². The van der Waals surface area contributed by atoms with Crippen molar-refractivity contribution in [1.82, 2.24) is 0 Å². The highest BCUT2D eigenvalue weighted by atomic mass is 16.6. The molecule has 2 fully saturated rings. The molecule has 0 unspecified atom stereocenters. The SMILES string of the molecule is C[C@@H](/C=C/[C@@]12O[C@@H](CC1(C)C)C[C@@]2(C)O)OC(=O)c1ccc([N+](=O)[O-])cc1. The van der Waals surface area contributed by atoms with E-state index in [1.807, 2.05) is 6.08 Å². The zero-order valence-electron chi connectivity index (χ0n) is 16.0. The van der Waals surface area contributed by atoms with Gasteiger partial charge in [-0.15, -0.1) is 0 Å². The molecule has 2 bridgehead atoms. The Kier molecular flexibility index (Phi) is 4.64. The fourth-order valence-corrected chi connectivity index (χ4v) is 4.46. The average Bonchev–Trinajstić information content (AvgIpc) is 2.97. The number of fused-ring (bicyclic) bond motifs is 2. The molecule has 2 heterocycles. The summed E-state index contributed by atoms with van der Waals surface area (Å²) in [6.07, 6.45) is 4.48. The molecule has 1 N–H and O–H groups in total. The lowest BCUT2D eigenvalue weighted by Gasteiger charge is -2.46. The monoisotopic (exact) mass is 375 g/mol. The molecule has 2 aliphatic rings. The van der Waals surface area contributed by atoms with Crippen LogP contribution in [0.3, 0.4) is 0 Å². The van der Waals surface area contributed by atoms with Gasteiger partial charge in [-0.3, -0.25) is 10.1 Å². The molecule has 0 radical (unpaired) electrons. The van der Waals surface area contributed by atoms with E-state index >= 15 is 0 Å². The van der Waals surface area contributed by atoms with Crippen LogP contribution in [0.2, 0.25) is 0 Å². The second kappa shape index (κ2) is 6.42. The Labute approximate surface area is 158 Å². The number of nitro benzene ring substituents is 1. The first-order valence-corrected chi connectivity index (χ1v) is 9.02. The first-order valence-electron chi connectivity index (χ1n) is 9.02. The van der Waals surface area contributed by atoms with Crippen LogP contribution in [0.1, 0.15) is 50.9 Å². The van der Waals surface area contributed by atoms with Gasteiger partial charge in [0.15, 0.2) is 0 Å². The van der Waals surface area contributed by atoms with Gasteiger partial charge >= 0.3 is 5.97 Å². The number of hydrogen-bond donors (Lipinski definition) is 1. The second-order valence-electron chi connectivity index (χ2n) is 8.32. The van der Waals surface area contributed by atoms with Crippen molar-refractivity contribution in [3.63, 3.8) is 0 Å². The predicted molar refractivity (Wildman–Crippen MR) is 98.4 cm³/mol. The number of nitrogens with zero attached hydrogens (tertiary/aromatic N) is 1. The Morgan fingerprint density at radius 2 is 1.96 bits per heavy atom. The van der Waals surface area contributed by atoms with Crippen LogP contribution in [0.15, 0.2) is 36.4 Å². The first-order chi connectivity index (χ1) is 12.5. The normalized spacial score (nSPS) is 32.6. The maximum Gasteiger partial charge on any atom is 0.338 e. The summed E-state index contributed by atoms with van der Waals surface area (Å²) >= 11 is 0. The molecule has 7 heteroatoms. The lowest BCUT2D eigenvalue weighted by Crippen LogP contribution is -2.56. The Morgan fingerprint density at radius 3 is 2.48 bits per heavy atom. The van der Waals surface area contributed by atoms with Crippen LogP contribution < -0.4 is 0 Å². The van der Waals surface area contributed by atoms with Gasteiger partial charge in [0, 0.05) is 24.0 Å². The number of benzene rings is 1. The molecule has 0 aliphatic carbocycles. The van der Waals surface area contributed by atoms with E-state index in [2.05, 4.69) is 13.8 Å². The number of rotatable bonds is 5. The molecule has 146 valence electrons. The Morgan fingerprint density at radius 1 is 1.33 bits per heavy atom. The number of carbonyl (C=O) groups excluding carboxylic acids is 1. The van der Waals surface area contributed by atoms with Gasteiger partial charge in [0.25, 0.3) is 5.69 Å². The lowest BCUT2D eigenvalue weighted by molar-refractivity contribution is -0.384. The number of carbonyl (C=O) groups is 1. The third kappa shape index (κ3) is 3.26. The molecule has 0 amide bonds. The van der Waals surface area contributed by atoms with Crippen LogP contribution in [0, 0.1) is 15.5 Å². The van der Waals surface area contributed by atoms with E-state index in [1.165, 1.54) is 24.3 Å². The maximum atomic E-state index is 12.2. The van der Waals surface area contributed by atoms with Crippen LogP contribution in [0.5, 0.6) is 0 Å². The average molecular weight is 375 g/mol. The Hall–Kier alpha value is -2.25. The lowest BCUT2D eigenvalue weighted by atomic mass is 9.61. The number of esters is 1. The van der Waals surface area contributed by atoms with Gasteiger partial charge in [-0.05, 0) is 44.6 Å². The summed E-state index contributed by atoms with van der Waals surface area (Å²) in [5.74, 6) is -0.567. The number of non-ortho nitro benzene ring substituents is 1. The summed E-state index contributed by atoms with van der Waals surface area (Å²) < 4.78 is 11.5. The molecule has 1 aromatic carbocycles. The minimum Gasteiger partial charge on any atom is -0.455 e. The zero-order valence-corrected chi connectivity index (χ0v) is 16.0. The molecule has 1 aromatic rings. The maximum absolute atomic E-state index is 12.2. The quantitative estimate of drug-likeness (QED) is 0.366. The Balaban J connectivity index is 1.70. The van der Waals surface area contributed by atoms with Crippen LogP contribution in [0.25, 0.3) is 0 Å². The summed E-state index contributed by atoms with van der Waals surface area (Å²) in [7, 11) is 0. The fraction of sp³-hybridized carbons (Fsp3) is 0.550. The smallest absolute Gasteiger partial charge is 0.338 e. The summed E-state index contributed by atoms with van der Waals surface area (Å²) in [6, 6.07) is 5.26. The summed E-state index contributed by atoms with van der Waals surface area (Å²) in [6.45, 7) is 7.64. The highest BCUT2D eigenvalue weighted by molar-refractivity contribution is 5.89. The van der Waals surface area contributed by atoms with E-state index in [9.17, 15) is 20.0 Å². The van der Waals surface area contributed by atoms with Gasteiger partial charge < -0.3 is 14.6 Å². The molecular formula is C20H25NO6. The van der Waals surface area contributed by atoms with Crippen molar-refractivity contribution >= 4 is 11.7 Å². The van der Waals surface area contributed by atoms with Crippen LogP contribution in [-0.2, 0) is 9.47 Å². The van der Waals surface area contributed by atoms with E-state index in [4.69, 9.17) is 9.47 Å². The number of nitro groups is 1. The summed E-state index contributed by atoms with van der Waals surface area (Å²) in [5.41, 5.74) is -1.89. The first kappa shape index (κ1) is 19.5. The molecule has 0 spiro atoms. The van der Waals surface area contributed by atoms with E-state index in [1.54, 1.807) is 19.9 Å². The molecular weight excluding hydrogens is 350 g/mol. The largest absolute Gasteiger partial charge is 0.455 e. The standard InChI is InChI=1S/C20H25NO6/c1-13(26-17(22)14-5-7-15(8-6-14)21(24)25)9-10-20-18(2,3)11-16(27-20)12-19(20,4)23/h5-10,13,16,23H,11-12H2,1-4H3/b10-9+/t13-,16-,19+,20+/m0/s1. The second-order valence-corrected chi connectivity index (χ2v) is 8.32. The van der Waals surface area contributed by atoms with Crippen molar-refractivity contribution in [1.29, 1.82) is 0 Å². The van der Waals surface area contributed by atoms with Gasteiger partial charge in [-0.2, -0.15) is 0 Å². The van der Waals surface area contributed by atoms with Gasteiger partial charge in [0.2, 0.25) is 0 Å². The Bertz CT molecular complexity index is 762. The zero-order chi connectivity index (χ0) is 20.0. The third-order valence-electron chi connectivity index (χ3n) is 5.73. The van der Waals surface area contributed by atoms with Gasteiger partial charge in [-0.25, -0.2) is 4.79 Å². The summed E-state index contributed by atoms with van der Waals surface area (Å²) in [5, 5.41) is 21.6. The van der Waals surface area contributed by atoms with Crippen molar-refractivity contribution in [2.75, 3.05) is 0 Å². The number of ether oxygens (including phenoxy) is 2. The van der Waals surface area contributed by atoms with Crippen molar-refractivity contribution in [3.8, 4) is 0 Å². The van der Waals surface area contributed by atoms with Gasteiger partial charge in [-0.1, -0.05) is 13.8 Å². The molecule has 2 aliphatic heterocycles. The van der Waals surface area contributed by atoms with Crippen LogP contribution >= 0.6 is 0 Å².